The molecule has 2 aromatic rings. The number of aryl methyl sites for hydroxylation is 1. The van der Waals surface area contributed by atoms with Crippen LogP contribution in [-0.2, 0) is 16.0 Å². The lowest BCUT2D eigenvalue weighted by Gasteiger charge is -2.06. The Morgan fingerprint density at radius 1 is 1.08 bits per heavy atom. The van der Waals surface area contributed by atoms with Gasteiger partial charge in [-0.1, -0.05) is 18.2 Å². The molecule has 0 aliphatic carbocycles. The molecule has 5 nitrogen and oxygen atoms in total. The van der Waals surface area contributed by atoms with Crippen LogP contribution in [0.4, 0.5) is 0 Å². The number of ether oxygens (including phenoxy) is 3. The lowest BCUT2D eigenvalue weighted by molar-refractivity contribution is -0.142. The van der Waals surface area contributed by atoms with Gasteiger partial charge in [-0.05, 0) is 42.5 Å². The molecule has 1 heterocycles. The average Bonchev–Trinajstić information content (AvgIpc) is 3.12. The highest BCUT2D eigenvalue weighted by atomic mass is 32.2. The van der Waals surface area contributed by atoms with Gasteiger partial charge in [0, 0.05) is 16.9 Å². The lowest BCUT2D eigenvalue weighted by atomic mass is 10.1. The van der Waals surface area contributed by atoms with Gasteiger partial charge in [-0.25, -0.2) is 0 Å². The van der Waals surface area contributed by atoms with E-state index in [0.717, 1.165) is 10.5 Å². The summed E-state index contributed by atoms with van der Waals surface area (Å²) >= 11 is 1.61. The number of carbonyl (C=O) groups is 2. The Morgan fingerprint density at radius 3 is 2.60 bits per heavy atom. The van der Waals surface area contributed by atoms with Crippen molar-refractivity contribution in [1.82, 2.24) is 0 Å². The first kappa shape index (κ1) is 17.4. The summed E-state index contributed by atoms with van der Waals surface area (Å²) in [6.45, 7) is -0.0144. The second-order valence-corrected chi connectivity index (χ2v) is 6.38. The van der Waals surface area contributed by atoms with Crippen LogP contribution >= 0.6 is 11.8 Å². The first-order valence-corrected chi connectivity index (χ1v) is 9.09. The van der Waals surface area contributed by atoms with E-state index in [9.17, 15) is 9.59 Å². The number of ketones is 1. The van der Waals surface area contributed by atoms with Gasteiger partial charge in [0.15, 0.2) is 23.9 Å². The number of Topliss-reactive ketones (excluding diaryl/α,β-unsaturated/α-hetero) is 1. The minimum Gasteiger partial charge on any atom is -0.457 e. The number of benzene rings is 2. The molecule has 0 radical (unpaired) electrons. The van der Waals surface area contributed by atoms with Crippen molar-refractivity contribution in [2.75, 3.05) is 19.7 Å². The third-order valence-electron chi connectivity index (χ3n) is 3.83. The van der Waals surface area contributed by atoms with Crippen molar-refractivity contribution in [1.29, 1.82) is 0 Å². The normalized spacial score (nSPS) is 12.0. The third kappa shape index (κ3) is 4.54. The Morgan fingerprint density at radius 2 is 1.84 bits per heavy atom. The van der Waals surface area contributed by atoms with Crippen molar-refractivity contribution in [3.05, 3.63) is 53.6 Å². The number of hydrogen-bond donors (Lipinski definition) is 0. The van der Waals surface area contributed by atoms with E-state index in [0.29, 0.717) is 23.5 Å². The van der Waals surface area contributed by atoms with Crippen LogP contribution in [0.5, 0.6) is 11.5 Å². The molecule has 3 rings (SSSR count). The Kier molecular flexibility index (Phi) is 5.60. The second kappa shape index (κ2) is 8.07. The van der Waals surface area contributed by atoms with Gasteiger partial charge in [0.25, 0.3) is 0 Å². The third-order valence-corrected chi connectivity index (χ3v) is 4.57. The molecule has 0 saturated carbocycles. The zero-order valence-corrected chi connectivity index (χ0v) is 14.6. The van der Waals surface area contributed by atoms with E-state index in [1.165, 1.54) is 0 Å². The van der Waals surface area contributed by atoms with Gasteiger partial charge in [0.2, 0.25) is 6.79 Å². The van der Waals surface area contributed by atoms with Gasteiger partial charge in [-0.3, -0.25) is 9.59 Å². The maximum Gasteiger partial charge on any atom is 0.306 e. The fourth-order valence-corrected chi connectivity index (χ4v) is 2.83. The molecule has 0 unspecified atom stereocenters. The van der Waals surface area contributed by atoms with Gasteiger partial charge in [-0.15, -0.1) is 11.8 Å². The maximum absolute atomic E-state index is 12.0. The van der Waals surface area contributed by atoms with E-state index in [1.54, 1.807) is 23.9 Å². The molecule has 6 heteroatoms. The van der Waals surface area contributed by atoms with E-state index in [2.05, 4.69) is 0 Å². The zero-order chi connectivity index (χ0) is 17.6. The summed E-state index contributed by atoms with van der Waals surface area (Å²) in [7, 11) is 0. The molecule has 1 aliphatic rings. The van der Waals surface area contributed by atoms with Crippen LogP contribution in [-0.4, -0.2) is 31.4 Å². The summed E-state index contributed by atoms with van der Waals surface area (Å²) < 4.78 is 15.6. The van der Waals surface area contributed by atoms with Crippen molar-refractivity contribution in [3.8, 4) is 11.5 Å². The van der Waals surface area contributed by atoms with Gasteiger partial charge < -0.3 is 14.2 Å². The van der Waals surface area contributed by atoms with E-state index in [1.807, 2.05) is 36.6 Å². The summed E-state index contributed by atoms with van der Waals surface area (Å²) in [5, 5.41) is 0. The van der Waals surface area contributed by atoms with Crippen molar-refractivity contribution in [2.45, 2.75) is 17.7 Å². The van der Waals surface area contributed by atoms with E-state index < -0.39 is 5.97 Å². The molecule has 0 N–H and O–H groups in total. The van der Waals surface area contributed by atoms with Crippen LogP contribution in [0.25, 0.3) is 0 Å². The minimum absolute atomic E-state index is 0.205. The number of esters is 1. The topological polar surface area (TPSA) is 61.8 Å². The summed E-state index contributed by atoms with van der Waals surface area (Å²) in [5.74, 6) is 0.801. The predicted molar refractivity (Wildman–Crippen MR) is 94.4 cm³/mol. The SMILES string of the molecule is CSc1ccc(C(=O)COC(=O)CCc2ccc3c(c2)OCO3)cc1. The number of thioether (sulfide) groups is 1. The summed E-state index contributed by atoms with van der Waals surface area (Å²) in [6.07, 6.45) is 2.70. The standard InChI is InChI=1S/C19H18O5S/c1-25-15-6-4-14(5-7-15)16(20)11-22-19(21)9-3-13-2-8-17-18(10-13)24-12-23-17/h2,4-8,10H,3,9,11-12H2,1H3. The molecule has 2 aromatic carbocycles. The molecule has 1 aliphatic heterocycles. The number of hydrogen-bond acceptors (Lipinski definition) is 6. The Balaban J connectivity index is 1.45. The fraction of sp³-hybridized carbons (Fsp3) is 0.263. The van der Waals surface area contributed by atoms with E-state index >= 15 is 0 Å². The van der Waals surface area contributed by atoms with Crippen LogP contribution in [0, 0.1) is 0 Å². The van der Waals surface area contributed by atoms with Crippen LogP contribution in [0.1, 0.15) is 22.3 Å². The highest BCUT2D eigenvalue weighted by Crippen LogP contribution is 2.32. The molecule has 130 valence electrons. The van der Waals surface area contributed by atoms with Gasteiger partial charge in [0.1, 0.15) is 0 Å². The molecule has 25 heavy (non-hydrogen) atoms. The summed E-state index contributed by atoms with van der Waals surface area (Å²) in [6, 6.07) is 12.8. The molecule has 0 bridgehead atoms. The van der Waals surface area contributed by atoms with Crippen molar-refractivity contribution < 1.29 is 23.8 Å². The minimum atomic E-state index is -0.397. The van der Waals surface area contributed by atoms with E-state index in [4.69, 9.17) is 14.2 Å². The molecule has 0 amide bonds. The molecule has 0 spiro atoms. The van der Waals surface area contributed by atoms with Crippen molar-refractivity contribution in [3.63, 3.8) is 0 Å². The Bertz CT molecular complexity index is 770. The molecule has 0 saturated heterocycles. The smallest absolute Gasteiger partial charge is 0.306 e. The Hall–Kier alpha value is -2.47. The maximum atomic E-state index is 12.0. The van der Waals surface area contributed by atoms with Crippen molar-refractivity contribution in [2.24, 2.45) is 0 Å². The lowest BCUT2D eigenvalue weighted by Crippen LogP contribution is -2.14. The molecular formula is C19H18O5S. The number of rotatable bonds is 7. The molecule has 0 fully saturated rings. The second-order valence-electron chi connectivity index (χ2n) is 5.50. The van der Waals surface area contributed by atoms with Gasteiger partial charge in [-0.2, -0.15) is 0 Å². The van der Waals surface area contributed by atoms with Gasteiger partial charge in [0.05, 0.1) is 0 Å². The van der Waals surface area contributed by atoms with Crippen LogP contribution in [0.3, 0.4) is 0 Å². The zero-order valence-electron chi connectivity index (χ0n) is 13.8. The first-order chi connectivity index (χ1) is 12.2. The predicted octanol–water partition coefficient (Wildman–Crippen LogP) is 3.50. The van der Waals surface area contributed by atoms with Crippen molar-refractivity contribution >= 4 is 23.5 Å². The average molecular weight is 358 g/mol. The largest absolute Gasteiger partial charge is 0.457 e. The summed E-state index contributed by atoms with van der Waals surface area (Å²) in [5.41, 5.74) is 1.50. The monoisotopic (exact) mass is 358 g/mol. The summed E-state index contributed by atoms with van der Waals surface area (Å²) in [4.78, 5) is 25.0. The van der Waals surface area contributed by atoms with Crippen LogP contribution in [0.2, 0.25) is 0 Å². The van der Waals surface area contributed by atoms with Crippen LogP contribution in [0.15, 0.2) is 47.4 Å². The molecule has 0 aromatic heterocycles. The van der Waals surface area contributed by atoms with E-state index in [-0.39, 0.29) is 25.6 Å². The fourth-order valence-electron chi connectivity index (χ4n) is 2.42. The number of fused-ring (bicyclic) bond motifs is 1. The molecular weight excluding hydrogens is 340 g/mol. The first-order valence-electron chi connectivity index (χ1n) is 7.87. The van der Waals surface area contributed by atoms with Gasteiger partial charge >= 0.3 is 5.97 Å². The molecule has 0 atom stereocenters. The Labute approximate surface area is 150 Å². The highest BCUT2D eigenvalue weighted by molar-refractivity contribution is 7.98. The number of carbonyl (C=O) groups excluding carboxylic acids is 2. The van der Waals surface area contributed by atoms with Crippen LogP contribution < -0.4 is 9.47 Å². The highest BCUT2D eigenvalue weighted by Gasteiger charge is 2.14. The quantitative estimate of drug-likeness (QED) is 0.429.